The van der Waals surface area contributed by atoms with Gasteiger partial charge in [-0.2, -0.15) is 0 Å². The van der Waals surface area contributed by atoms with Gasteiger partial charge in [0.25, 0.3) is 0 Å². The first-order valence-electron chi connectivity index (χ1n) is 11.5. The lowest BCUT2D eigenvalue weighted by atomic mass is 9.82. The van der Waals surface area contributed by atoms with Gasteiger partial charge in [0.2, 0.25) is 5.91 Å². The number of nitrogens with zero attached hydrogens (tertiary/aromatic N) is 1. The van der Waals surface area contributed by atoms with Crippen molar-refractivity contribution in [1.82, 2.24) is 4.90 Å². The summed E-state index contributed by atoms with van der Waals surface area (Å²) >= 11 is 0. The van der Waals surface area contributed by atoms with Crippen molar-refractivity contribution in [2.75, 3.05) is 41.0 Å². The molecule has 0 radical (unpaired) electrons. The van der Waals surface area contributed by atoms with Gasteiger partial charge in [0.05, 0.1) is 34.4 Å². The Kier molecular flexibility index (Phi) is 7.14. The average molecular weight is 470 g/mol. The fraction of sp³-hybridized carbons (Fsp3) is 0.462. The van der Waals surface area contributed by atoms with E-state index in [2.05, 4.69) is 0 Å². The Morgan fingerprint density at radius 2 is 1.65 bits per heavy atom. The van der Waals surface area contributed by atoms with E-state index in [0.717, 1.165) is 11.5 Å². The van der Waals surface area contributed by atoms with E-state index in [0.29, 0.717) is 68.2 Å². The van der Waals surface area contributed by atoms with E-state index in [4.69, 9.17) is 23.7 Å². The van der Waals surface area contributed by atoms with Gasteiger partial charge in [0.1, 0.15) is 39.9 Å². The molecule has 4 rings (SSSR count). The molecule has 34 heavy (non-hydrogen) atoms. The van der Waals surface area contributed by atoms with E-state index in [1.165, 1.54) is 7.11 Å². The predicted octanol–water partition coefficient (Wildman–Crippen LogP) is 3.90. The summed E-state index contributed by atoms with van der Waals surface area (Å²) in [5.41, 5.74) is -0.139. The molecular formula is C26H31NO7. The molecule has 1 amide bonds. The maximum atomic E-state index is 13.0. The van der Waals surface area contributed by atoms with Crippen LogP contribution in [0.3, 0.4) is 0 Å². The fourth-order valence-corrected chi connectivity index (χ4v) is 4.54. The number of piperidine rings is 1. The Morgan fingerprint density at radius 1 is 0.971 bits per heavy atom. The van der Waals surface area contributed by atoms with E-state index in [9.17, 15) is 9.59 Å². The van der Waals surface area contributed by atoms with Gasteiger partial charge in [0.15, 0.2) is 5.78 Å². The van der Waals surface area contributed by atoms with E-state index >= 15 is 0 Å². The number of Topliss-reactive ketones (excluding diaryl/α,β-unsaturated/α-hetero) is 1. The number of hydrogen-bond acceptors (Lipinski definition) is 7. The summed E-state index contributed by atoms with van der Waals surface area (Å²) < 4.78 is 27.9. The normalized spacial score (nSPS) is 16.4. The number of carbonyl (C=O) groups is 2. The number of hydrogen-bond donors (Lipinski definition) is 0. The van der Waals surface area contributed by atoms with Crippen molar-refractivity contribution in [3.8, 4) is 28.7 Å². The predicted molar refractivity (Wildman–Crippen MR) is 125 cm³/mol. The van der Waals surface area contributed by atoms with Crippen molar-refractivity contribution in [2.45, 2.75) is 37.7 Å². The topological polar surface area (TPSA) is 83.5 Å². The first-order valence-corrected chi connectivity index (χ1v) is 11.5. The van der Waals surface area contributed by atoms with Crippen LogP contribution in [-0.2, 0) is 4.79 Å². The lowest BCUT2D eigenvalue weighted by Crippen LogP contribution is -2.52. The third-order valence-electron chi connectivity index (χ3n) is 6.47. The zero-order valence-corrected chi connectivity index (χ0v) is 19.9. The maximum absolute atomic E-state index is 13.0. The summed E-state index contributed by atoms with van der Waals surface area (Å²) in [7, 11) is 4.71. The fourth-order valence-electron chi connectivity index (χ4n) is 4.54. The average Bonchev–Trinajstić information content (AvgIpc) is 2.86. The molecule has 2 aliphatic rings. The first-order chi connectivity index (χ1) is 16.5. The quantitative estimate of drug-likeness (QED) is 0.542. The van der Waals surface area contributed by atoms with Crippen molar-refractivity contribution in [3.63, 3.8) is 0 Å². The zero-order valence-electron chi connectivity index (χ0n) is 19.9. The molecule has 1 spiro atoms. The van der Waals surface area contributed by atoms with Crippen LogP contribution in [0.25, 0.3) is 0 Å². The number of carbonyl (C=O) groups excluding carboxylic acids is 2. The van der Waals surface area contributed by atoms with Crippen LogP contribution in [0.4, 0.5) is 0 Å². The number of methoxy groups -OCH3 is 3. The summed E-state index contributed by atoms with van der Waals surface area (Å²) in [6.07, 6.45) is 2.53. The van der Waals surface area contributed by atoms with Crippen molar-refractivity contribution in [1.29, 1.82) is 0 Å². The highest BCUT2D eigenvalue weighted by molar-refractivity contribution is 6.03. The van der Waals surface area contributed by atoms with E-state index in [-0.39, 0.29) is 18.1 Å². The highest BCUT2D eigenvalue weighted by atomic mass is 16.5. The molecule has 0 N–H and O–H groups in total. The molecule has 2 heterocycles. The molecule has 2 aromatic carbocycles. The molecule has 0 saturated carbocycles. The second-order valence-electron chi connectivity index (χ2n) is 8.60. The molecule has 0 atom stereocenters. The third-order valence-corrected chi connectivity index (χ3v) is 6.47. The lowest BCUT2D eigenvalue weighted by Gasteiger charge is -2.44. The molecular weight excluding hydrogens is 438 g/mol. The molecule has 8 nitrogen and oxygen atoms in total. The molecule has 1 saturated heterocycles. The minimum Gasteiger partial charge on any atom is -0.497 e. The van der Waals surface area contributed by atoms with Crippen LogP contribution in [0.1, 0.15) is 42.5 Å². The van der Waals surface area contributed by atoms with Crippen LogP contribution in [-0.4, -0.2) is 63.2 Å². The molecule has 0 aromatic heterocycles. The molecule has 1 fully saturated rings. The number of rotatable bonds is 8. The van der Waals surface area contributed by atoms with Gasteiger partial charge in [-0.1, -0.05) is 0 Å². The van der Waals surface area contributed by atoms with Crippen LogP contribution >= 0.6 is 0 Å². The van der Waals surface area contributed by atoms with Crippen molar-refractivity contribution < 1.29 is 33.3 Å². The molecule has 2 aliphatic heterocycles. The smallest absolute Gasteiger partial charge is 0.222 e. The molecule has 0 aliphatic carbocycles. The molecule has 8 heteroatoms. The van der Waals surface area contributed by atoms with Gasteiger partial charge < -0.3 is 28.6 Å². The van der Waals surface area contributed by atoms with Crippen molar-refractivity contribution in [3.05, 3.63) is 42.0 Å². The third kappa shape index (κ3) is 5.05. The van der Waals surface area contributed by atoms with Gasteiger partial charge in [-0.15, -0.1) is 0 Å². The number of ether oxygens (including phenoxy) is 5. The van der Waals surface area contributed by atoms with Gasteiger partial charge >= 0.3 is 0 Å². The molecule has 0 unspecified atom stereocenters. The van der Waals surface area contributed by atoms with Gasteiger partial charge in [0, 0.05) is 44.5 Å². The second-order valence-corrected chi connectivity index (χ2v) is 8.60. The Labute approximate surface area is 199 Å². The minimum absolute atomic E-state index is 0.00351. The standard InChI is InChI=1S/C26H31NO7/c1-30-18-6-8-19(9-7-18)33-14-4-5-24(29)27-12-10-26(11-13-27)17-21(28)25-22(32-3)15-20(31-2)16-23(25)34-26/h6-9,15-16H,4-5,10-14,17H2,1-3H3. The van der Waals surface area contributed by atoms with Crippen molar-refractivity contribution >= 4 is 11.7 Å². The van der Waals surface area contributed by atoms with Gasteiger partial charge in [-0.25, -0.2) is 0 Å². The van der Waals surface area contributed by atoms with E-state index in [1.807, 2.05) is 29.2 Å². The second kappa shape index (κ2) is 10.2. The number of fused-ring (bicyclic) bond motifs is 1. The summed E-state index contributed by atoms with van der Waals surface area (Å²) in [5, 5.41) is 0. The number of benzene rings is 2. The lowest BCUT2D eigenvalue weighted by molar-refractivity contribution is -0.135. The van der Waals surface area contributed by atoms with Crippen LogP contribution in [0.15, 0.2) is 36.4 Å². The Bertz CT molecular complexity index is 1030. The monoisotopic (exact) mass is 469 g/mol. The SMILES string of the molecule is COc1ccc(OCCCC(=O)N2CCC3(CC2)CC(=O)c2c(OC)cc(OC)cc2O3)cc1. The van der Waals surface area contributed by atoms with Gasteiger partial charge in [-0.3, -0.25) is 9.59 Å². The highest BCUT2D eigenvalue weighted by Crippen LogP contribution is 2.44. The number of likely N-dealkylation sites (tertiary alicyclic amines) is 1. The van der Waals surface area contributed by atoms with E-state index < -0.39 is 5.60 Å². The summed E-state index contributed by atoms with van der Waals surface area (Å²) in [6.45, 7) is 1.58. The van der Waals surface area contributed by atoms with Crippen LogP contribution in [0.5, 0.6) is 28.7 Å². The molecule has 2 aromatic rings. The number of ketones is 1. The van der Waals surface area contributed by atoms with Crippen LogP contribution in [0, 0.1) is 0 Å². The molecule has 0 bridgehead atoms. The molecule has 182 valence electrons. The summed E-state index contributed by atoms with van der Waals surface area (Å²) in [6, 6.07) is 10.8. The maximum Gasteiger partial charge on any atom is 0.222 e. The summed E-state index contributed by atoms with van der Waals surface area (Å²) in [4.78, 5) is 27.5. The van der Waals surface area contributed by atoms with Crippen molar-refractivity contribution in [2.24, 2.45) is 0 Å². The Balaban J connectivity index is 1.29. The highest BCUT2D eigenvalue weighted by Gasteiger charge is 2.44. The first kappa shape index (κ1) is 23.7. The Morgan fingerprint density at radius 3 is 2.29 bits per heavy atom. The van der Waals surface area contributed by atoms with Gasteiger partial charge in [-0.05, 0) is 30.7 Å². The Hall–Kier alpha value is -3.42. The van der Waals surface area contributed by atoms with Crippen LogP contribution in [0.2, 0.25) is 0 Å². The minimum atomic E-state index is -0.601. The zero-order chi connectivity index (χ0) is 24.1. The summed E-state index contributed by atoms with van der Waals surface area (Å²) in [5.74, 6) is 3.14. The largest absolute Gasteiger partial charge is 0.497 e. The van der Waals surface area contributed by atoms with E-state index in [1.54, 1.807) is 26.4 Å². The van der Waals surface area contributed by atoms with Crippen LogP contribution < -0.4 is 23.7 Å². The number of amides is 1.